The Balaban J connectivity index is 2.40. The SMILES string of the molecule is CC1=NCCC[NH2+]1. The Morgan fingerprint density at radius 3 is 2.86 bits per heavy atom. The Labute approximate surface area is 43.6 Å². The van der Waals surface area contributed by atoms with Crippen LogP contribution in [-0.2, 0) is 0 Å². The molecule has 0 aliphatic carbocycles. The minimum Gasteiger partial charge on any atom is -0.302 e. The van der Waals surface area contributed by atoms with Gasteiger partial charge in [-0.25, -0.2) is 4.99 Å². The van der Waals surface area contributed by atoms with Gasteiger partial charge in [-0.15, -0.1) is 0 Å². The Hall–Kier alpha value is -0.370. The van der Waals surface area contributed by atoms with Gasteiger partial charge in [-0.3, -0.25) is 0 Å². The molecule has 2 heteroatoms. The van der Waals surface area contributed by atoms with E-state index in [2.05, 4.69) is 17.2 Å². The van der Waals surface area contributed by atoms with Crippen LogP contribution in [0.5, 0.6) is 0 Å². The number of nitrogens with zero attached hydrogens (tertiary/aromatic N) is 1. The molecule has 0 fully saturated rings. The second kappa shape index (κ2) is 2.07. The molecule has 0 radical (unpaired) electrons. The molecule has 0 amide bonds. The quantitative estimate of drug-likeness (QED) is 0.419. The number of amidine groups is 1. The summed E-state index contributed by atoms with van der Waals surface area (Å²) in [5.41, 5.74) is 0. The maximum atomic E-state index is 4.19. The van der Waals surface area contributed by atoms with Gasteiger partial charge in [-0.1, -0.05) is 0 Å². The molecule has 1 aliphatic rings. The van der Waals surface area contributed by atoms with Crippen LogP contribution >= 0.6 is 0 Å². The highest BCUT2D eigenvalue weighted by Crippen LogP contribution is 1.79. The third-order valence-electron chi connectivity index (χ3n) is 1.16. The molecule has 0 spiro atoms. The molecule has 1 rings (SSSR count). The topological polar surface area (TPSA) is 29.0 Å². The van der Waals surface area contributed by atoms with E-state index in [1.807, 2.05) is 0 Å². The van der Waals surface area contributed by atoms with Crippen LogP contribution in [0.3, 0.4) is 0 Å². The summed E-state index contributed by atoms with van der Waals surface area (Å²) in [4.78, 5) is 4.19. The lowest BCUT2D eigenvalue weighted by Gasteiger charge is -2.03. The lowest BCUT2D eigenvalue weighted by molar-refractivity contribution is -0.544. The molecule has 2 N–H and O–H groups in total. The fraction of sp³-hybridized carbons (Fsp3) is 0.800. The second-order valence-electron chi connectivity index (χ2n) is 1.87. The van der Waals surface area contributed by atoms with Gasteiger partial charge in [0.05, 0.1) is 6.54 Å². The van der Waals surface area contributed by atoms with Gasteiger partial charge in [-0.2, -0.15) is 0 Å². The molecule has 0 unspecified atom stereocenters. The third-order valence-corrected chi connectivity index (χ3v) is 1.16. The van der Waals surface area contributed by atoms with E-state index in [1.54, 1.807) is 0 Å². The van der Waals surface area contributed by atoms with E-state index in [9.17, 15) is 0 Å². The summed E-state index contributed by atoms with van der Waals surface area (Å²) in [5.74, 6) is 1.21. The molecule has 7 heavy (non-hydrogen) atoms. The van der Waals surface area contributed by atoms with Crippen molar-refractivity contribution in [1.29, 1.82) is 0 Å². The van der Waals surface area contributed by atoms with Crippen LogP contribution in [0.2, 0.25) is 0 Å². The average Bonchev–Trinajstić information content (AvgIpc) is 1.69. The minimum atomic E-state index is 1.04. The predicted molar refractivity (Wildman–Crippen MR) is 29.4 cm³/mol. The van der Waals surface area contributed by atoms with Gasteiger partial charge in [0.25, 0.3) is 0 Å². The Bertz CT molecular complexity index is 86.1. The van der Waals surface area contributed by atoms with Crippen molar-refractivity contribution in [2.75, 3.05) is 13.1 Å². The van der Waals surface area contributed by atoms with Gasteiger partial charge in [0.1, 0.15) is 0 Å². The minimum absolute atomic E-state index is 1.04. The summed E-state index contributed by atoms with van der Waals surface area (Å²) in [6.07, 6.45) is 1.25. The van der Waals surface area contributed by atoms with E-state index in [0.717, 1.165) is 6.54 Å². The zero-order valence-electron chi connectivity index (χ0n) is 4.65. The van der Waals surface area contributed by atoms with Crippen LogP contribution < -0.4 is 5.32 Å². The molecule has 2 nitrogen and oxygen atoms in total. The van der Waals surface area contributed by atoms with E-state index < -0.39 is 0 Å². The van der Waals surface area contributed by atoms with Crippen LogP contribution in [-0.4, -0.2) is 18.9 Å². The molecule has 40 valence electrons. The van der Waals surface area contributed by atoms with E-state index in [4.69, 9.17) is 0 Å². The molecule has 0 saturated carbocycles. The normalized spacial score (nSPS) is 21.6. The highest BCUT2D eigenvalue weighted by atomic mass is 15.0. The monoisotopic (exact) mass is 99.1 g/mol. The van der Waals surface area contributed by atoms with Crippen LogP contribution in [0.4, 0.5) is 0 Å². The average molecular weight is 99.2 g/mol. The third kappa shape index (κ3) is 1.27. The van der Waals surface area contributed by atoms with Gasteiger partial charge < -0.3 is 5.32 Å². The first-order valence-corrected chi connectivity index (χ1v) is 2.74. The number of aliphatic imine (C=N–C) groups is 1. The van der Waals surface area contributed by atoms with Crippen molar-refractivity contribution < 1.29 is 5.32 Å². The summed E-state index contributed by atoms with van der Waals surface area (Å²) in [6.45, 7) is 4.33. The number of nitrogens with two attached hydrogens (primary N) is 1. The van der Waals surface area contributed by atoms with Gasteiger partial charge in [-0.05, 0) is 0 Å². The van der Waals surface area contributed by atoms with Crippen LogP contribution in [0.15, 0.2) is 4.99 Å². The van der Waals surface area contributed by atoms with Crippen molar-refractivity contribution in [3.8, 4) is 0 Å². The molecule has 0 bridgehead atoms. The zero-order valence-corrected chi connectivity index (χ0v) is 4.65. The van der Waals surface area contributed by atoms with Crippen molar-refractivity contribution >= 4 is 5.84 Å². The van der Waals surface area contributed by atoms with Crippen LogP contribution in [0.25, 0.3) is 0 Å². The Morgan fingerprint density at radius 2 is 2.57 bits per heavy atom. The smallest absolute Gasteiger partial charge is 0.191 e. The summed E-state index contributed by atoms with van der Waals surface area (Å²) in [7, 11) is 0. The fourth-order valence-corrected chi connectivity index (χ4v) is 0.722. The molecule has 0 aromatic rings. The number of quaternary nitrogens is 1. The first kappa shape index (κ1) is 4.78. The number of rotatable bonds is 0. The van der Waals surface area contributed by atoms with Gasteiger partial charge in [0.2, 0.25) is 0 Å². The first-order valence-electron chi connectivity index (χ1n) is 2.74. The molecule has 1 heterocycles. The summed E-state index contributed by atoms with van der Waals surface area (Å²) < 4.78 is 0. The molecule has 0 aromatic heterocycles. The predicted octanol–water partition coefficient (Wildman–Crippen LogP) is -0.628. The highest BCUT2D eigenvalue weighted by Gasteiger charge is 1.99. The molecule has 1 aliphatic heterocycles. The standard InChI is InChI=1S/C5H10N2/c1-5-6-3-2-4-7-5/h2-4H2,1H3,(H,6,7)/p+1. The molecular formula is C5H11N2+. The van der Waals surface area contributed by atoms with E-state index >= 15 is 0 Å². The van der Waals surface area contributed by atoms with Crippen LogP contribution in [0.1, 0.15) is 13.3 Å². The van der Waals surface area contributed by atoms with Crippen molar-refractivity contribution in [2.24, 2.45) is 4.99 Å². The van der Waals surface area contributed by atoms with Gasteiger partial charge >= 0.3 is 0 Å². The van der Waals surface area contributed by atoms with E-state index in [-0.39, 0.29) is 0 Å². The summed E-state index contributed by atoms with van der Waals surface area (Å²) in [5, 5.41) is 2.18. The van der Waals surface area contributed by atoms with Crippen molar-refractivity contribution in [3.63, 3.8) is 0 Å². The molecular weight excluding hydrogens is 88.1 g/mol. The van der Waals surface area contributed by atoms with Crippen molar-refractivity contribution in [1.82, 2.24) is 0 Å². The highest BCUT2D eigenvalue weighted by molar-refractivity contribution is 5.69. The summed E-state index contributed by atoms with van der Waals surface area (Å²) >= 11 is 0. The molecule has 0 atom stereocenters. The fourth-order valence-electron chi connectivity index (χ4n) is 0.722. The zero-order chi connectivity index (χ0) is 5.11. The second-order valence-corrected chi connectivity index (χ2v) is 1.87. The van der Waals surface area contributed by atoms with E-state index in [1.165, 1.54) is 18.8 Å². The number of hydrogen-bond acceptors (Lipinski definition) is 1. The first-order chi connectivity index (χ1) is 3.39. The summed E-state index contributed by atoms with van der Waals surface area (Å²) in [6, 6.07) is 0. The number of hydrogen-bond donors (Lipinski definition) is 1. The maximum Gasteiger partial charge on any atom is 0.191 e. The van der Waals surface area contributed by atoms with E-state index in [0.29, 0.717) is 0 Å². The largest absolute Gasteiger partial charge is 0.302 e. The maximum absolute atomic E-state index is 4.19. The molecule has 0 aromatic carbocycles. The van der Waals surface area contributed by atoms with Gasteiger partial charge in [0, 0.05) is 19.9 Å². The van der Waals surface area contributed by atoms with Crippen molar-refractivity contribution in [3.05, 3.63) is 0 Å². The van der Waals surface area contributed by atoms with Crippen molar-refractivity contribution in [2.45, 2.75) is 13.3 Å². The molecule has 0 saturated heterocycles. The van der Waals surface area contributed by atoms with Crippen LogP contribution in [0, 0.1) is 0 Å². The van der Waals surface area contributed by atoms with Gasteiger partial charge in [0.15, 0.2) is 5.84 Å². The lowest BCUT2D eigenvalue weighted by Crippen LogP contribution is -2.88. The lowest BCUT2D eigenvalue weighted by atomic mass is 10.4. The Morgan fingerprint density at radius 1 is 1.71 bits per heavy atom. The Kier molecular flexibility index (Phi) is 1.42.